The van der Waals surface area contributed by atoms with Crippen LogP contribution < -0.4 is 5.32 Å². The number of thioether (sulfide) groups is 1. The van der Waals surface area contributed by atoms with Crippen molar-refractivity contribution in [3.8, 4) is 0 Å². The summed E-state index contributed by atoms with van der Waals surface area (Å²) in [7, 11) is 0. The van der Waals surface area contributed by atoms with Crippen molar-refractivity contribution in [3.05, 3.63) is 0 Å². The van der Waals surface area contributed by atoms with Gasteiger partial charge in [0.25, 0.3) is 0 Å². The molecule has 0 rings (SSSR count). The van der Waals surface area contributed by atoms with Gasteiger partial charge in [0.1, 0.15) is 0 Å². The lowest BCUT2D eigenvalue weighted by atomic mass is 10.0. The summed E-state index contributed by atoms with van der Waals surface area (Å²) in [5, 5.41) is 12.3. The van der Waals surface area contributed by atoms with Crippen molar-refractivity contribution in [2.75, 3.05) is 12.4 Å². The molecule has 0 aromatic heterocycles. The molecule has 1 atom stereocenters. The predicted octanol–water partition coefficient (Wildman–Crippen LogP) is 1.65. The Morgan fingerprint density at radius 2 is 1.93 bits per heavy atom. The van der Waals surface area contributed by atoms with Crippen LogP contribution in [0.25, 0.3) is 0 Å². The van der Waals surface area contributed by atoms with Gasteiger partial charge in [0.05, 0.1) is 5.75 Å². The van der Waals surface area contributed by atoms with Gasteiger partial charge in [-0.1, -0.05) is 27.7 Å². The van der Waals surface area contributed by atoms with Crippen molar-refractivity contribution in [1.29, 1.82) is 0 Å². The van der Waals surface area contributed by atoms with E-state index in [-0.39, 0.29) is 18.6 Å². The molecule has 0 aromatic carbocycles. The van der Waals surface area contributed by atoms with Crippen LogP contribution in [0.5, 0.6) is 0 Å². The summed E-state index contributed by atoms with van der Waals surface area (Å²) in [5.74, 6) is 0.942. The Kier molecular flexibility index (Phi) is 7.88. The maximum Gasteiger partial charge on any atom is 0.230 e. The van der Waals surface area contributed by atoms with Gasteiger partial charge in [-0.05, 0) is 17.6 Å². The van der Waals surface area contributed by atoms with Crippen molar-refractivity contribution in [1.82, 2.24) is 5.32 Å². The van der Waals surface area contributed by atoms with Gasteiger partial charge < -0.3 is 10.4 Å². The summed E-state index contributed by atoms with van der Waals surface area (Å²) >= 11 is 1.64. The molecule has 1 amide bonds. The molecular formula is C11H23NO2S. The number of amides is 1. The van der Waals surface area contributed by atoms with E-state index in [0.717, 1.165) is 0 Å². The Bertz CT molecular complexity index is 183. The highest BCUT2D eigenvalue weighted by Crippen LogP contribution is 2.10. The number of carbonyl (C=O) groups is 1. The van der Waals surface area contributed by atoms with Crippen LogP contribution in [-0.4, -0.2) is 34.7 Å². The molecule has 0 aliphatic heterocycles. The summed E-state index contributed by atoms with van der Waals surface area (Å²) in [4.78, 5) is 11.5. The Morgan fingerprint density at radius 1 is 1.33 bits per heavy atom. The van der Waals surface area contributed by atoms with Gasteiger partial charge in [0.15, 0.2) is 0 Å². The predicted molar refractivity (Wildman–Crippen MR) is 66.1 cm³/mol. The number of rotatable bonds is 7. The second kappa shape index (κ2) is 7.99. The van der Waals surface area contributed by atoms with E-state index in [2.05, 4.69) is 33.0 Å². The van der Waals surface area contributed by atoms with Gasteiger partial charge in [-0.25, -0.2) is 0 Å². The molecule has 0 spiro atoms. The molecular weight excluding hydrogens is 210 g/mol. The first kappa shape index (κ1) is 14.8. The third kappa shape index (κ3) is 7.68. The van der Waals surface area contributed by atoms with Crippen LogP contribution in [0, 0.1) is 5.92 Å². The zero-order valence-corrected chi connectivity index (χ0v) is 10.9. The van der Waals surface area contributed by atoms with Gasteiger partial charge in [-0.3, -0.25) is 4.79 Å². The van der Waals surface area contributed by atoms with Crippen LogP contribution in [-0.2, 0) is 4.79 Å². The second-order valence-corrected chi connectivity index (χ2v) is 5.85. The highest BCUT2D eigenvalue weighted by atomic mass is 32.2. The largest absolute Gasteiger partial charge is 0.396 e. The number of aliphatic hydroxyl groups excluding tert-OH is 1. The molecule has 1 unspecified atom stereocenters. The summed E-state index contributed by atoms with van der Waals surface area (Å²) in [6.45, 7) is 8.38. The number of hydrogen-bond donors (Lipinski definition) is 2. The number of hydrogen-bond acceptors (Lipinski definition) is 3. The first-order valence-corrected chi connectivity index (χ1v) is 6.54. The fraction of sp³-hybridized carbons (Fsp3) is 0.909. The molecule has 3 nitrogen and oxygen atoms in total. The Labute approximate surface area is 97.0 Å². The van der Waals surface area contributed by atoms with E-state index >= 15 is 0 Å². The maximum absolute atomic E-state index is 11.5. The van der Waals surface area contributed by atoms with Gasteiger partial charge in [-0.2, -0.15) is 0 Å². The molecule has 0 saturated carbocycles. The van der Waals surface area contributed by atoms with E-state index < -0.39 is 0 Å². The van der Waals surface area contributed by atoms with Crippen LogP contribution in [0.2, 0.25) is 0 Å². The minimum atomic E-state index is 0.0702. The van der Waals surface area contributed by atoms with Crippen LogP contribution in [0.4, 0.5) is 0 Å². The molecule has 2 N–H and O–H groups in total. The summed E-state index contributed by atoms with van der Waals surface area (Å²) in [5.41, 5.74) is 0. The first-order valence-electron chi connectivity index (χ1n) is 5.49. The lowest BCUT2D eigenvalue weighted by Gasteiger charge is -2.21. The molecule has 0 fully saturated rings. The van der Waals surface area contributed by atoms with Gasteiger partial charge in [0.2, 0.25) is 5.91 Å². The molecule has 90 valence electrons. The zero-order valence-electron chi connectivity index (χ0n) is 10.1. The van der Waals surface area contributed by atoms with E-state index in [1.54, 1.807) is 11.8 Å². The second-order valence-electron chi connectivity index (χ2n) is 4.29. The third-order valence-corrected chi connectivity index (χ3v) is 3.23. The van der Waals surface area contributed by atoms with Gasteiger partial charge in [0, 0.05) is 12.6 Å². The lowest BCUT2D eigenvalue weighted by Crippen LogP contribution is -2.40. The Balaban J connectivity index is 3.89. The number of aliphatic hydroxyl groups is 1. The van der Waals surface area contributed by atoms with Crippen LogP contribution in [0.1, 0.15) is 34.1 Å². The molecule has 0 aliphatic carbocycles. The van der Waals surface area contributed by atoms with Gasteiger partial charge >= 0.3 is 0 Å². The highest BCUT2D eigenvalue weighted by Gasteiger charge is 2.15. The minimum absolute atomic E-state index is 0.0702. The quantitative estimate of drug-likeness (QED) is 0.703. The van der Waals surface area contributed by atoms with E-state index in [1.165, 1.54) is 0 Å². The van der Waals surface area contributed by atoms with Crippen LogP contribution in [0.15, 0.2) is 0 Å². The lowest BCUT2D eigenvalue weighted by molar-refractivity contribution is -0.119. The number of carbonyl (C=O) groups excluding carboxylic acids is 1. The molecule has 0 aromatic rings. The molecule has 0 bridgehead atoms. The Hall–Kier alpha value is -0.220. The van der Waals surface area contributed by atoms with Gasteiger partial charge in [-0.15, -0.1) is 11.8 Å². The average molecular weight is 233 g/mol. The highest BCUT2D eigenvalue weighted by molar-refractivity contribution is 8.00. The van der Waals surface area contributed by atoms with Crippen LogP contribution in [0.3, 0.4) is 0 Å². The standard InChI is InChI=1S/C11H23NO2S/c1-8(2)10(5-6-13)12-11(14)7-15-9(3)4/h8-10,13H,5-7H2,1-4H3,(H,12,14). The molecule has 0 aliphatic rings. The fourth-order valence-electron chi connectivity index (χ4n) is 1.20. The first-order chi connectivity index (χ1) is 6.97. The van der Waals surface area contributed by atoms with Crippen molar-refractivity contribution in [2.45, 2.75) is 45.4 Å². The summed E-state index contributed by atoms with van der Waals surface area (Å²) < 4.78 is 0. The molecule has 0 radical (unpaired) electrons. The Morgan fingerprint density at radius 3 is 2.33 bits per heavy atom. The van der Waals surface area contributed by atoms with E-state index in [0.29, 0.717) is 23.3 Å². The summed E-state index contributed by atoms with van der Waals surface area (Å²) in [6, 6.07) is 0.0928. The molecule has 15 heavy (non-hydrogen) atoms. The minimum Gasteiger partial charge on any atom is -0.396 e. The number of nitrogens with one attached hydrogen (secondary N) is 1. The smallest absolute Gasteiger partial charge is 0.230 e. The SMILES string of the molecule is CC(C)SCC(=O)NC(CCO)C(C)C. The topological polar surface area (TPSA) is 49.3 Å². The summed E-state index contributed by atoms with van der Waals surface area (Å²) in [6.07, 6.45) is 0.635. The van der Waals surface area contributed by atoms with Crippen molar-refractivity contribution < 1.29 is 9.90 Å². The van der Waals surface area contributed by atoms with E-state index in [4.69, 9.17) is 5.11 Å². The van der Waals surface area contributed by atoms with E-state index in [9.17, 15) is 4.79 Å². The maximum atomic E-state index is 11.5. The van der Waals surface area contributed by atoms with Crippen LogP contribution >= 0.6 is 11.8 Å². The van der Waals surface area contributed by atoms with Crippen molar-refractivity contribution >= 4 is 17.7 Å². The third-order valence-electron chi connectivity index (χ3n) is 2.14. The molecule has 0 heterocycles. The monoisotopic (exact) mass is 233 g/mol. The van der Waals surface area contributed by atoms with E-state index in [1.807, 2.05) is 0 Å². The average Bonchev–Trinajstić information content (AvgIpc) is 2.14. The molecule has 4 heteroatoms. The normalized spacial score (nSPS) is 13.3. The molecule has 0 saturated heterocycles. The van der Waals surface area contributed by atoms with Crippen molar-refractivity contribution in [3.63, 3.8) is 0 Å². The van der Waals surface area contributed by atoms with Crippen molar-refractivity contribution in [2.24, 2.45) is 5.92 Å². The zero-order chi connectivity index (χ0) is 11.8. The fourth-order valence-corrected chi connectivity index (χ4v) is 1.77.